The van der Waals surface area contributed by atoms with E-state index in [1.54, 1.807) is 26.8 Å². The summed E-state index contributed by atoms with van der Waals surface area (Å²) in [6.45, 7) is 7.25. The third-order valence-corrected chi connectivity index (χ3v) is 4.10. The maximum absolute atomic E-state index is 12.8. The lowest BCUT2D eigenvalue weighted by molar-refractivity contribution is -0.165. The van der Waals surface area contributed by atoms with Crippen LogP contribution in [0.25, 0.3) is 0 Å². The summed E-state index contributed by atoms with van der Waals surface area (Å²) in [7, 11) is 0. The fraction of sp³-hybridized carbons (Fsp3) is 0.429. The van der Waals surface area contributed by atoms with E-state index in [2.05, 4.69) is 21.6 Å². The van der Waals surface area contributed by atoms with E-state index >= 15 is 0 Å². The van der Waals surface area contributed by atoms with Gasteiger partial charge in [-0.3, -0.25) is 9.59 Å². The summed E-state index contributed by atoms with van der Waals surface area (Å²) < 4.78 is 41.1. The Balaban J connectivity index is 2.79. The lowest BCUT2D eigenvalue weighted by Gasteiger charge is -2.24. The highest BCUT2D eigenvalue weighted by atomic mass is 19.4. The van der Waals surface area contributed by atoms with Crippen molar-refractivity contribution >= 4 is 17.9 Å². The van der Waals surface area contributed by atoms with Crippen molar-refractivity contribution in [3.05, 3.63) is 47.9 Å². The SMILES string of the molecule is C=C(C#N)/C=C\C(=C/C)C(=O)C(NC(=O)C1C=NC(OCC(F)(F)F)=CC1)C(C)C. The quantitative estimate of drug-likeness (QED) is 0.347. The number of hydrogen-bond acceptors (Lipinski definition) is 5. The van der Waals surface area contributed by atoms with Crippen LogP contribution in [0.2, 0.25) is 0 Å². The van der Waals surface area contributed by atoms with Gasteiger partial charge in [0, 0.05) is 17.4 Å². The van der Waals surface area contributed by atoms with Crippen LogP contribution in [0, 0.1) is 23.2 Å². The largest absolute Gasteiger partial charge is 0.468 e. The van der Waals surface area contributed by atoms with Crippen molar-refractivity contribution in [3.63, 3.8) is 0 Å². The summed E-state index contributed by atoms with van der Waals surface area (Å²) >= 11 is 0. The predicted octanol–water partition coefficient (Wildman–Crippen LogP) is 3.79. The molecule has 162 valence electrons. The molecule has 0 saturated carbocycles. The third-order valence-electron chi connectivity index (χ3n) is 4.10. The smallest absolute Gasteiger partial charge is 0.422 e. The minimum atomic E-state index is -4.48. The maximum atomic E-state index is 12.8. The fourth-order valence-corrected chi connectivity index (χ4v) is 2.45. The molecule has 2 unspecified atom stereocenters. The van der Waals surface area contributed by atoms with Gasteiger partial charge in [0.05, 0.1) is 18.0 Å². The van der Waals surface area contributed by atoms with Crippen LogP contribution in [0.3, 0.4) is 0 Å². The van der Waals surface area contributed by atoms with Gasteiger partial charge in [0.15, 0.2) is 12.4 Å². The Morgan fingerprint density at radius 2 is 2.10 bits per heavy atom. The van der Waals surface area contributed by atoms with Gasteiger partial charge in [-0.15, -0.1) is 0 Å². The first-order chi connectivity index (χ1) is 14.0. The van der Waals surface area contributed by atoms with Gasteiger partial charge in [-0.25, -0.2) is 4.99 Å². The number of allylic oxidation sites excluding steroid dienone is 5. The van der Waals surface area contributed by atoms with Crippen LogP contribution in [0.4, 0.5) is 13.2 Å². The van der Waals surface area contributed by atoms with Crippen LogP contribution in [0.1, 0.15) is 27.2 Å². The molecule has 0 fully saturated rings. The van der Waals surface area contributed by atoms with Gasteiger partial charge in [0.25, 0.3) is 0 Å². The maximum Gasteiger partial charge on any atom is 0.422 e. The molecule has 0 spiro atoms. The number of hydrogen-bond donors (Lipinski definition) is 1. The van der Waals surface area contributed by atoms with Crippen molar-refractivity contribution in [2.75, 3.05) is 6.61 Å². The molecule has 0 saturated heterocycles. The molecular weight excluding hydrogens is 399 g/mol. The summed E-state index contributed by atoms with van der Waals surface area (Å²) in [5.74, 6) is -1.98. The number of ether oxygens (including phenoxy) is 1. The van der Waals surface area contributed by atoms with Gasteiger partial charge in [0.2, 0.25) is 11.8 Å². The van der Waals surface area contributed by atoms with E-state index < -0.39 is 30.7 Å². The van der Waals surface area contributed by atoms with Gasteiger partial charge in [0.1, 0.15) is 0 Å². The highest BCUT2D eigenvalue weighted by molar-refractivity contribution is 6.05. The van der Waals surface area contributed by atoms with Gasteiger partial charge in [-0.05, 0) is 31.4 Å². The van der Waals surface area contributed by atoms with Crippen molar-refractivity contribution in [2.45, 2.75) is 39.4 Å². The Labute approximate surface area is 173 Å². The molecule has 0 bridgehead atoms. The average Bonchev–Trinajstić information content (AvgIpc) is 2.69. The van der Waals surface area contributed by atoms with Crippen LogP contribution in [0.15, 0.2) is 52.9 Å². The number of nitriles is 1. The van der Waals surface area contributed by atoms with Crippen molar-refractivity contribution in [1.29, 1.82) is 5.26 Å². The number of amides is 1. The van der Waals surface area contributed by atoms with Crippen molar-refractivity contribution in [3.8, 4) is 6.07 Å². The second kappa shape index (κ2) is 11.1. The number of rotatable bonds is 9. The molecule has 1 aliphatic rings. The Hall–Kier alpha value is -3.15. The number of aliphatic imine (C=N–C) groups is 1. The highest BCUT2D eigenvalue weighted by Gasteiger charge is 2.31. The van der Waals surface area contributed by atoms with Gasteiger partial charge in [-0.2, -0.15) is 18.4 Å². The molecule has 1 heterocycles. The van der Waals surface area contributed by atoms with E-state index in [1.807, 2.05) is 6.07 Å². The summed E-state index contributed by atoms with van der Waals surface area (Å²) in [5, 5.41) is 11.4. The van der Waals surface area contributed by atoms with Gasteiger partial charge in [-0.1, -0.05) is 32.6 Å². The molecular formula is C21H24F3N3O3. The first kappa shape index (κ1) is 24.9. The molecule has 6 nitrogen and oxygen atoms in total. The van der Waals surface area contributed by atoms with E-state index in [4.69, 9.17) is 5.26 Å². The number of nitrogens with one attached hydrogen (secondary N) is 1. The fourth-order valence-electron chi connectivity index (χ4n) is 2.45. The molecule has 2 atom stereocenters. The number of alkyl halides is 3. The van der Waals surface area contributed by atoms with Crippen LogP contribution < -0.4 is 5.32 Å². The van der Waals surface area contributed by atoms with E-state index in [-0.39, 0.29) is 29.6 Å². The second-order valence-electron chi connectivity index (χ2n) is 6.88. The zero-order valence-corrected chi connectivity index (χ0v) is 17.0. The van der Waals surface area contributed by atoms with Gasteiger partial charge >= 0.3 is 6.18 Å². The number of ketones is 1. The van der Waals surface area contributed by atoms with Gasteiger partial charge < -0.3 is 10.1 Å². The topological polar surface area (TPSA) is 91.6 Å². The number of carbonyl (C=O) groups excluding carboxylic acids is 2. The Kier molecular flexibility index (Phi) is 9.24. The standard InChI is InChI=1S/C21H24F3N3O3/c1-5-15(7-6-14(4)10-25)19(28)18(13(2)3)27-20(29)16-8-9-17(26-11-16)30-12-21(22,23)24/h5-7,9,11,13,16,18H,4,8,12H2,1-3H3,(H,27,29)/b7-6-,15-5+. The number of halogens is 3. The molecule has 0 aromatic rings. The molecule has 0 aromatic carbocycles. The normalized spacial score (nSPS) is 18.0. The van der Waals surface area contributed by atoms with Crippen LogP contribution in [-0.2, 0) is 14.3 Å². The zero-order chi connectivity index (χ0) is 22.9. The van der Waals surface area contributed by atoms with Crippen molar-refractivity contribution in [2.24, 2.45) is 16.8 Å². The molecule has 30 heavy (non-hydrogen) atoms. The number of nitrogens with zero attached hydrogens (tertiary/aromatic N) is 2. The minimum absolute atomic E-state index is 0.0971. The van der Waals surface area contributed by atoms with E-state index in [0.717, 1.165) is 0 Å². The highest BCUT2D eigenvalue weighted by Crippen LogP contribution is 2.20. The lowest BCUT2D eigenvalue weighted by Crippen LogP contribution is -2.47. The van der Waals surface area contributed by atoms with Crippen LogP contribution >= 0.6 is 0 Å². The van der Waals surface area contributed by atoms with E-state index in [0.29, 0.717) is 5.57 Å². The summed E-state index contributed by atoms with van der Waals surface area (Å²) in [5.41, 5.74) is 0.492. The van der Waals surface area contributed by atoms with Crippen LogP contribution in [0.5, 0.6) is 0 Å². The average molecular weight is 423 g/mol. The monoisotopic (exact) mass is 423 g/mol. The number of Topliss-reactive ketones (excluding diaryl/α,β-unsaturated/α-hetero) is 1. The number of carbonyl (C=O) groups is 2. The molecule has 1 amide bonds. The second-order valence-corrected chi connectivity index (χ2v) is 6.88. The molecule has 1 rings (SSSR count). The molecule has 0 aromatic heterocycles. The lowest BCUT2D eigenvalue weighted by atomic mass is 9.93. The third kappa shape index (κ3) is 8.07. The molecule has 1 aliphatic heterocycles. The minimum Gasteiger partial charge on any atom is -0.468 e. The summed E-state index contributed by atoms with van der Waals surface area (Å²) in [4.78, 5) is 29.2. The Morgan fingerprint density at radius 3 is 2.57 bits per heavy atom. The summed E-state index contributed by atoms with van der Waals surface area (Å²) in [6, 6.07) is 1.02. The first-order valence-electron chi connectivity index (χ1n) is 9.20. The molecule has 0 radical (unpaired) electrons. The van der Waals surface area contributed by atoms with E-state index in [1.165, 1.54) is 24.4 Å². The zero-order valence-electron chi connectivity index (χ0n) is 17.0. The molecule has 1 N–H and O–H groups in total. The molecule has 0 aliphatic carbocycles. The Bertz CT molecular complexity index is 831. The summed E-state index contributed by atoms with van der Waals surface area (Å²) in [6.07, 6.45) is 2.57. The van der Waals surface area contributed by atoms with Crippen molar-refractivity contribution < 1.29 is 27.5 Å². The first-order valence-corrected chi connectivity index (χ1v) is 9.20. The van der Waals surface area contributed by atoms with Crippen molar-refractivity contribution in [1.82, 2.24) is 5.32 Å². The molecule has 9 heteroatoms. The van der Waals surface area contributed by atoms with E-state index in [9.17, 15) is 22.8 Å². The Morgan fingerprint density at radius 1 is 1.43 bits per heavy atom. The predicted molar refractivity (Wildman–Crippen MR) is 106 cm³/mol. The van der Waals surface area contributed by atoms with Crippen LogP contribution in [-0.4, -0.2) is 36.7 Å².